The molecule has 1 aromatic rings. The number of ether oxygens (including phenoxy) is 1. The molecule has 1 unspecified atom stereocenters. The monoisotopic (exact) mass is 318 g/mol. The number of rotatable bonds is 4. The van der Waals surface area contributed by atoms with Crippen LogP contribution in [0.2, 0.25) is 5.02 Å². The van der Waals surface area contributed by atoms with Gasteiger partial charge in [0.25, 0.3) is 0 Å². The number of hydrogen-bond donors (Lipinski definition) is 1. The maximum Gasteiger partial charge on any atom is 0.336 e. The first-order valence-electron chi connectivity index (χ1n) is 6.15. The second kappa shape index (κ2) is 5.71. The van der Waals surface area contributed by atoms with Gasteiger partial charge in [-0.3, -0.25) is 0 Å². The molecule has 1 aliphatic rings. The molecular formula is C13H15ClO5S. The van der Waals surface area contributed by atoms with Crippen LogP contribution in [0.15, 0.2) is 17.0 Å². The molecule has 0 saturated carbocycles. The van der Waals surface area contributed by atoms with Crippen molar-refractivity contribution in [3.63, 3.8) is 0 Å². The lowest BCUT2D eigenvalue weighted by Crippen LogP contribution is -2.18. The number of carbonyl (C=O) groups is 1. The van der Waals surface area contributed by atoms with E-state index in [1.54, 1.807) is 0 Å². The van der Waals surface area contributed by atoms with Crippen LogP contribution >= 0.6 is 11.6 Å². The third-order valence-corrected chi connectivity index (χ3v) is 5.59. The van der Waals surface area contributed by atoms with Crippen molar-refractivity contribution >= 4 is 27.4 Å². The molecule has 0 amide bonds. The second-order valence-corrected chi connectivity index (χ2v) is 7.33. The molecule has 0 aliphatic carbocycles. The van der Waals surface area contributed by atoms with Crippen molar-refractivity contribution in [3.05, 3.63) is 28.3 Å². The lowest BCUT2D eigenvalue weighted by molar-refractivity contribution is 0.0696. The predicted octanol–water partition coefficient (Wildman–Crippen LogP) is 2.16. The number of carboxylic acid groups (broad SMARTS) is 1. The molecule has 7 heteroatoms. The van der Waals surface area contributed by atoms with Crippen molar-refractivity contribution in [2.75, 3.05) is 19.0 Å². The van der Waals surface area contributed by atoms with Gasteiger partial charge in [0.2, 0.25) is 0 Å². The molecular weight excluding hydrogens is 304 g/mol. The van der Waals surface area contributed by atoms with E-state index < -0.39 is 15.8 Å². The van der Waals surface area contributed by atoms with Crippen LogP contribution in [0.1, 0.15) is 22.3 Å². The zero-order chi connectivity index (χ0) is 14.9. The van der Waals surface area contributed by atoms with Crippen molar-refractivity contribution < 1.29 is 23.1 Å². The highest BCUT2D eigenvalue weighted by Crippen LogP contribution is 2.27. The predicted molar refractivity (Wildman–Crippen MR) is 74.1 cm³/mol. The molecule has 5 nitrogen and oxygen atoms in total. The number of halogens is 1. The third kappa shape index (κ3) is 3.13. The minimum absolute atomic E-state index is 0.00528. The summed E-state index contributed by atoms with van der Waals surface area (Å²) in [6, 6.07) is 2.57. The molecule has 1 aliphatic heterocycles. The quantitative estimate of drug-likeness (QED) is 0.920. The summed E-state index contributed by atoms with van der Waals surface area (Å²) in [4.78, 5) is 11.1. The van der Waals surface area contributed by atoms with Crippen molar-refractivity contribution in [1.82, 2.24) is 0 Å². The van der Waals surface area contributed by atoms with Gasteiger partial charge in [-0.2, -0.15) is 0 Å². The van der Waals surface area contributed by atoms with E-state index in [-0.39, 0.29) is 32.7 Å². The van der Waals surface area contributed by atoms with Gasteiger partial charge in [-0.1, -0.05) is 11.6 Å². The Bertz CT molecular complexity index is 632. The van der Waals surface area contributed by atoms with E-state index in [4.69, 9.17) is 21.4 Å². The maximum atomic E-state index is 12.4. The molecule has 0 radical (unpaired) electrons. The van der Waals surface area contributed by atoms with Gasteiger partial charge in [-0.15, -0.1) is 0 Å². The number of carboxylic acids is 1. The summed E-state index contributed by atoms with van der Waals surface area (Å²) in [7, 11) is -3.58. The molecule has 2 rings (SSSR count). The Morgan fingerprint density at radius 3 is 2.75 bits per heavy atom. The van der Waals surface area contributed by atoms with Crippen LogP contribution in [0.5, 0.6) is 0 Å². The van der Waals surface area contributed by atoms with Crippen LogP contribution in [-0.2, 0) is 14.6 Å². The summed E-state index contributed by atoms with van der Waals surface area (Å²) in [6.07, 6.45) is 0.699. The van der Waals surface area contributed by atoms with Gasteiger partial charge in [-0.25, -0.2) is 13.2 Å². The zero-order valence-corrected chi connectivity index (χ0v) is 12.5. The molecule has 0 spiro atoms. The Kier molecular flexibility index (Phi) is 4.36. The second-order valence-electron chi connectivity index (χ2n) is 4.89. The van der Waals surface area contributed by atoms with Gasteiger partial charge in [0.05, 0.1) is 22.8 Å². The minimum atomic E-state index is -3.58. The molecule has 20 heavy (non-hydrogen) atoms. The molecule has 1 fully saturated rings. The largest absolute Gasteiger partial charge is 0.478 e. The van der Waals surface area contributed by atoms with Crippen molar-refractivity contribution in [1.29, 1.82) is 0 Å². The first-order valence-corrected chi connectivity index (χ1v) is 8.18. The average Bonchev–Trinajstić information content (AvgIpc) is 2.83. The van der Waals surface area contributed by atoms with Gasteiger partial charge in [0.1, 0.15) is 0 Å². The standard InChI is InChI=1S/C13H15ClO5S/c1-8-11(13(15)16)4-10(14)5-12(8)20(17,18)7-9-2-3-19-6-9/h4-5,9H,2-3,6-7H2,1H3,(H,15,16). The van der Waals surface area contributed by atoms with E-state index in [1.165, 1.54) is 19.1 Å². The first-order chi connectivity index (χ1) is 9.31. The number of hydrogen-bond acceptors (Lipinski definition) is 4. The number of aromatic carboxylic acids is 1. The van der Waals surface area contributed by atoms with Crippen LogP contribution < -0.4 is 0 Å². The van der Waals surface area contributed by atoms with Gasteiger partial charge in [-0.05, 0) is 37.0 Å². The average molecular weight is 319 g/mol. The Balaban J connectivity index is 2.42. The summed E-state index contributed by atoms with van der Waals surface area (Å²) in [5.41, 5.74) is 0.138. The number of benzene rings is 1. The van der Waals surface area contributed by atoms with Crippen molar-refractivity contribution in [2.45, 2.75) is 18.2 Å². The number of sulfone groups is 1. The molecule has 1 heterocycles. The van der Waals surface area contributed by atoms with E-state index in [9.17, 15) is 13.2 Å². The van der Waals surface area contributed by atoms with Gasteiger partial charge in [0.15, 0.2) is 9.84 Å². The van der Waals surface area contributed by atoms with Crippen LogP contribution in [0.3, 0.4) is 0 Å². The highest BCUT2D eigenvalue weighted by Gasteiger charge is 2.27. The van der Waals surface area contributed by atoms with Gasteiger partial charge < -0.3 is 9.84 Å². The summed E-state index contributed by atoms with van der Waals surface area (Å²) in [5.74, 6) is -1.29. The molecule has 1 N–H and O–H groups in total. The fourth-order valence-electron chi connectivity index (χ4n) is 2.31. The molecule has 0 aromatic heterocycles. The Hall–Kier alpha value is -1.11. The van der Waals surface area contributed by atoms with Gasteiger partial charge >= 0.3 is 5.97 Å². The lowest BCUT2D eigenvalue weighted by atomic mass is 10.1. The van der Waals surface area contributed by atoms with E-state index >= 15 is 0 Å². The van der Waals surface area contributed by atoms with Crippen molar-refractivity contribution in [3.8, 4) is 0 Å². The maximum absolute atomic E-state index is 12.4. The summed E-state index contributed by atoms with van der Waals surface area (Å²) < 4.78 is 30.0. The fraction of sp³-hybridized carbons (Fsp3) is 0.462. The van der Waals surface area contributed by atoms with Crippen LogP contribution in [0, 0.1) is 12.8 Å². The van der Waals surface area contributed by atoms with Crippen LogP contribution in [0.4, 0.5) is 0 Å². The SMILES string of the molecule is Cc1c(C(=O)O)cc(Cl)cc1S(=O)(=O)CC1CCOC1. The summed E-state index contributed by atoms with van der Waals surface area (Å²) >= 11 is 5.84. The third-order valence-electron chi connectivity index (χ3n) is 3.37. The highest BCUT2D eigenvalue weighted by atomic mass is 35.5. The van der Waals surface area contributed by atoms with E-state index in [1.807, 2.05) is 0 Å². The van der Waals surface area contributed by atoms with Gasteiger partial charge in [0, 0.05) is 11.6 Å². The molecule has 1 aromatic carbocycles. The highest BCUT2D eigenvalue weighted by molar-refractivity contribution is 7.91. The zero-order valence-electron chi connectivity index (χ0n) is 10.9. The summed E-state index contributed by atoms with van der Waals surface area (Å²) in [6.45, 7) is 2.47. The van der Waals surface area contributed by atoms with E-state index in [0.29, 0.717) is 19.6 Å². The minimum Gasteiger partial charge on any atom is -0.478 e. The molecule has 1 atom stereocenters. The molecule has 110 valence electrons. The smallest absolute Gasteiger partial charge is 0.336 e. The Morgan fingerprint density at radius 2 is 2.20 bits per heavy atom. The topological polar surface area (TPSA) is 80.7 Å². The fourth-order valence-corrected chi connectivity index (χ4v) is 4.54. The van der Waals surface area contributed by atoms with Crippen LogP contribution in [0.25, 0.3) is 0 Å². The molecule has 0 bridgehead atoms. The van der Waals surface area contributed by atoms with E-state index in [2.05, 4.69) is 0 Å². The Morgan fingerprint density at radius 1 is 1.50 bits per heavy atom. The van der Waals surface area contributed by atoms with Crippen LogP contribution in [-0.4, -0.2) is 38.5 Å². The normalized spacial score (nSPS) is 19.2. The molecule has 1 saturated heterocycles. The first kappa shape index (κ1) is 15.3. The Labute approximate surface area is 122 Å². The summed E-state index contributed by atoms with van der Waals surface area (Å²) in [5, 5.41) is 9.20. The van der Waals surface area contributed by atoms with E-state index in [0.717, 1.165) is 0 Å². The lowest BCUT2D eigenvalue weighted by Gasteiger charge is -2.13. The van der Waals surface area contributed by atoms with Crippen molar-refractivity contribution in [2.24, 2.45) is 5.92 Å².